The average molecular weight is 178 g/mol. The van der Waals surface area contributed by atoms with Gasteiger partial charge in [-0.25, -0.2) is 0 Å². The number of carbonyl (C=O) groups is 2. The Kier molecular flexibility index (Phi) is 3.14. The Morgan fingerprint density at radius 1 is 1.46 bits per heavy atom. The molecule has 1 rings (SSSR count). The smallest absolute Gasteiger partial charge is 0.276 e. The van der Waals surface area contributed by atoms with Crippen molar-refractivity contribution >= 4 is 11.8 Å². The minimum atomic E-state index is -0.451. The molecule has 0 aliphatic heterocycles. The van der Waals surface area contributed by atoms with Gasteiger partial charge in [-0.2, -0.15) is 0 Å². The maximum atomic E-state index is 11.2. The van der Waals surface area contributed by atoms with Crippen LogP contribution in [0.3, 0.4) is 0 Å². The maximum Gasteiger partial charge on any atom is 0.276 e. The van der Waals surface area contributed by atoms with E-state index in [2.05, 4.69) is 10.3 Å². The largest absolute Gasteiger partial charge is 0.291 e. The van der Waals surface area contributed by atoms with Crippen molar-refractivity contribution in [3.8, 4) is 0 Å². The van der Waals surface area contributed by atoms with Gasteiger partial charge in [-0.05, 0) is 12.1 Å². The molecule has 0 aromatic carbocycles. The van der Waals surface area contributed by atoms with Gasteiger partial charge in [0.05, 0.1) is 0 Å². The summed E-state index contributed by atoms with van der Waals surface area (Å²) in [6.45, 7) is 1.68. The Morgan fingerprint density at radius 3 is 2.77 bits per heavy atom. The summed E-state index contributed by atoms with van der Waals surface area (Å²) in [4.78, 5) is 25.9. The van der Waals surface area contributed by atoms with Crippen LogP contribution in [-0.2, 0) is 4.79 Å². The lowest BCUT2D eigenvalue weighted by atomic mass is 10.3. The number of amides is 2. The van der Waals surface area contributed by atoms with E-state index in [4.69, 9.17) is 0 Å². The van der Waals surface area contributed by atoms with E-state index in [1.165, 1.54) is 6.20 Å². The molecule has 1 aromatic heterocycles. The highest BCUT2D eigenvalue weighted by atomic mass is 16.2. The molecule has 0 atom stereocenters. The molecule has 0 fully saturated rings. The zero-order chi connectivity index (χ0) is 9.68. The van der Waals surface area contributed by atoms with Gasteiger partial charge in [-0.15, -0.1) is 0 Å². The van der Waals surface area contributed by atoms with Crippen molar-refractivity contribution in [3.63, 3.8) is 0 Å². The Hall–Kier alpha value is -1.71. The first-order valence-corrected chi connectivity index (χ1v) is 3.99. The first-order chi connectivity index (χ1) is 6.24. The first kappa shape index (κ1) is 9.38. The lowest BCUT2D eigenvalue weighted by Gasteiger charge is -1.99. The number of imide groups is 1. The van der Waals surface area contributed by atoms with E-state index < -0.39 is 5.91 Å². The number of pyridine rings is 1. The second-order valence-corrected chi connectivity index (χ2v) is 2.45. The topological polar surface area (TPSA) is 59.1 Å². The highest BCUT2D eigenvalue weighted by Gasteiger charge is 2.08. The lowest BCUT2D eigenvalue weighted by Crippen LogP contribution is -2.30. The fourth-order valence-corrected chi connectivity index (χ4v) is 0.776. The van der Waals surface area contributed by atoms with Crippen molar-refractivity contribution in [1.82, 2.24) is 10.3 Å². The van der Waals surface area contributed by atoms with Crippen LogP contribution in [0.2, 0.25) is 0 Å². The van der Waals surface area contributed by atoms with Crippen LogP contribution in [0.1, 0.15) is 23.8 Å². The van der Waals surface area contributed by atoms with Crippen LogP contribution in [0.5, 0.6) is 0 Å². The molecular formula is C9H10N2O2. The molecule has 13 heavy (non-hydrogen) atoms. The van der Waals surface area contributed by atoms with Crippen LogP contribution in [0, 0.1) is 0 Å². The van der Waals surface area contributed by atoms with Crippen LogP contribution < -0.4 is 5.32 Å². The molecular weight excluding hydrogens is 168 g/mol. The van der Waals surface area contributed by atoms with Gasteiger partial charge in [0, 0.05) is 12.6 Å². The summed E-state index contributed by atoms with van der Waals surface area (Å²) in [5, 5.41) is 2.21. The standard InChI is InChI=1S/C9H10N2O2/c1-2-8(12)11-9(13)7-5-3-4-6-10-7/h3-6H,2H2,1H3,(H,11,12,13). The van der Waals surface area contributed by atoms with Gasteiger partial charge in [0.15, 0.2) is 0 Å². The molecule has 0 saturated heterocycles. The molecule has 4 heteroatoms. The third-order valence-electron chi connectivity index (χ3n) is 1.47. The second-order valence-electron chi connectivity index (χ2n) is 2.45. The minimum absolute atomic E-state index is 0.254. The summed E-state index contributed by atoms with van der Waals surface area (Å²) in [5.74, 6) is -0.747. The van der Waals surface area contributed by atoms with Crippen LogP contribution in [-0.4, -0.2) is 16.8 Å². The van der Waals surface area contributed by atoms with Crippen molar-refractivity contribution in [2.45, 2.75) is 13.3 Å². The Bertz CT molecular complexity index is 309. The van der Waals surface area contributed by atoms with E-state index in [9.17, 15) is 9.59 Å². The zero-order valence-electron chi connectivity index (χ0n) is 7.28. The third-order valence-corrected chi connectivity index (χ3v) is 1.47. The van der Waals surface area contributed by atoms with Gasteiger partial charge in [0.25, 0.3) is 5.91 Å². The first-order valence-electron chi connectivity index (χ1n) is 3.99. The number of aromatic nitrogens is 1. The molecule has 0 saturated carbocycles. The normalized spacial score (nSPS) is 9.31. The summed E-state index contributed by atoms with van der Waals surface area (Å²) in [6, 6.07) is 4.95. The van der Waals surface area contributed by atoms with Crippen molar-refractivity contribution in [1.29, 1.82) is 0 Å². The van der Waals surface area contributed by atoms with Crippen molar-refractivity contribution < 1.29 is 9.59 Å². The van der Waals surface area contributed by atoms with Crippen molar-refractivity contribution in [3.05, 3.63) is 30.1 Å². The molecule has 0 aliphatic rings. The van der Waals surface area contributed by atoms with E-state index in [0.29, 0.717) is 6.42 Å². The van der Waals surface area contributed by atoms with E-state index in [1.54, 1.807) is 25.1 Å². The molecule has 0 aliphatic carbocycles. The third kappa shape index (κ3) is 2.66. The predicted octanol–water partition coefficient (Wildman–Crippen LogP) is 0.748. The molecule has 68 valence electrons. The Labute approximate surface area is 76.0 Å². The quantitative estimate of drug-likeness (QED) is 0.726. The molecule has 0 unspecified atom stereocenters. The molecule has 2 amide bonds. The number of rotatable bonds is 2. The van der Waals surface area contributed by atoms with Gasteiger partial charge >= 0.3 is 0 Å². The molecule has 1 N–H and O–H groups in total. The van der Waals surface area contributed by atoms with Crippen molar-refractivity contribution in [2.75, 3.05) is 0 Å². The molecule has 0 bridgehead atoms. The Morgan fingerprint density at radius 2 is 2.23 bits per heavy atom. The lowest BCUT2D eigenvalue weighted by molar-refractivity contribution is -0.119. The number of hydrogen-bond donors (Lipinski definition) is 1. The van der Waals surface area contributed by atoms with Gasteiger partial charge < -0.3 is 0 Å². The molecule has 0 spiro atoms. The maximum absolute atomic E-state index is 11.2. The fraction of sp³-hybridized carbons (Fsp3) is 0.222. The van der Waals surface area contributed by atoms with Crippen LogP contribution in [0.25, 0.3) is 0 Å². The highest BCUT2D eigenvalue weighted by Crippen LogP contribution is 1.92. The zero-order valence-corrected chi connectivity index (χ0v) is 7.28. The van der Waals surface area contributed by atoms with Gasteiger partial charge in [0.2, 0.25) is 5.91 Å². The summed E-state index contributed by atoms with van der Waals surface area (Å²) in [7, 11) is 0. The second kappa shape index (κ2) is 4.35. The minimum Gasteiger partial charge on any atom is -0.291 e. The average Bonchev–Trinajstić information content (AvgIpc) is 2.19. The molecule has 1 aromatic rings. The van der Waals surface area contributed by atoms with Crippen LogP contribution in [0.15, 0.2) is 24.4 Å². The van der Waals surface area contributed by atoms with Gasteiger partial charge in [-0.3, -0.25) is 19.9 Å². The summed E-state index contributed by atoms with van der Waals surface area (Å²) >= 11 is 0. The SMILES string of the molecule is CCC(=O)NC(=O)c1ccccn1. The highest BCUT2D eigenvalue weighted by molar-refractivity contribution is 6.03. The molecule has 1 heterocycles. The van der Waals surface area contributed by atoms with E-state index in [1.807, 2.05) is 0 Å². The molecule has 0 radical (unpaired) electrons. The Balaban J connectivity index is 2.65. The van der Waals surface area contributed by atoms with E-state index >= 15 is 0 Å². The van der Waals surface area contributed by atoms with E-state index in [0.717, 1.165) is 0 Å². The van der Waals surface area contributed by atoms with E-state index in [-0.39, 0.29) is 11.6 Å². The summed E-state index contributed by atoms with van der Waals surface area (Å²) in [5.41, 5.74) is 0.254. The fourth-order valence-electron chi connectivity index (χ4n) is 0.776. The monoisotopic (exact) mass is 178 g/mol. The summed E-state index contributed by atoms with van der Waals surface area (Å²) in [6.07, 6.45) is 1.80. The summed E-state index contributed by atoms with van der Waals surface area (Å²) < 4.78 is 0. The number of nitrogens with zero attached hydrogens (tertiary/aromatic N) is 1. The van der Waals surface area contributed by atoms with Crippen molar-refractivity contribution in [2.24, 2.45) is 0 Å². The van der Waals surface area contributed by atoms with Crippen LogP contribution >= 0.6 is 0 Å². The number of nitrogens with one attached hydrogen (secondary N) is 1. The van der Waals surface area contributed by atoms with Gasteiger partial charge in [0.1, 0.15) is 5.69 Å². The van der Waals surface area contributed by atoms with Gasteiger partial charge in [-0.1, -0.05) is 13.0 Å². The predicted molar refractivity (Wildman–Crippen MR) is 47.0 cm³/mol. The number of hydrogen-bond acceptors (Lipinski definition) is 3. The number of carbonyl (C=O) groups excluding carboxylic acids is 2. The molecule has 4 nitrogen and oxygen atoms in total. The van der Waals surface area contributed by atoms with Crippen LogP contribution in [0.4, 0.5) is 0 Å².